The molecule has 0 bridgehead atoms. The zero-order valence-corrected chi connectivity index (χ0v) is 13.5. The predicted molar refractivity (Wildman–Crippen MR) is 85.6 cm³/mol. The Kier molecular flexibility index (Phi) is 5.94. The van der Waals surface area contributed by atoms with E-state index < -0.39 is 0 Å². The van der Waals surface area contributed by atoms with Gasteiger partial charge in [-0.3, -0.25) is 9.59 Å². The molecule has 4 nitrogen and oxygen atoms in total. The summed E-state index contributed by atoms with van der Waals surface area (Å²) in [6.45, 7) is 0.712. The van der Waals surface area contributed by atoms with Crippen molar-refractivity contribution < 1.29 is 9.59 Å². The van der Waals surface area contributed by atoms with Crippen LogP contribution >= 0.6 is 23.4 Å². The van der Waals surface area contributed by atoms with Crippen molar-refractivity contribution in [3.8, 4) is 0 Å². The smallest absolute Gasteiger partial charge is 0.224 e. The third-order valence-corrected chi connectivity index (χ3v) is 4.70. The second kappa shape index (κ2) is 7.71. The molecule has 1 aliphatic rings. The largest absolute Gasteiger partial charge is 0.353 e. The molecule has 0 unspecified atom stereocenters. The number of nitrogens with zero attached hydrogens (tertiary/aromatic N) is 1. The van der Waals surface area contributed by atoms with Crippen LogP contribution in [0.15, 0.2) is 29.2 Å². The van der Waals surface area contributed by atoms with Gasteiger partial charge in [0.25, 0.3) is 0 Å². The molecule has 1 saturated heterocycles. The second-order valence-corrected chi connectivity index (χ2v) is 6.73. The van der Waals surface area contributed by atoms with Gasteiger partial charge in [0.1, 0.15) is 0 Å². The van der Waals surface area contributed by atoms with Gasteiger partial charge in [-0.2, -0.15) is 0 Å². The van der Waals surface area contributed by atoms with Crippen LogP contribution < -0.4 is 5.32 Å². The lowest BCUT2D eigenvalue weighted by molar-refractivity contribution is -0.133. The molecule has 114 valence electrons. The number of carbonyl (C=O) groups is 2. The van der Waals surface area contributed by atoms with E-state index in [2.05, 4.69) is 5.32 Å². The summed E-state index contributed by atoms with van der Waals surface area (Å²) in [7, 11) is 1.79. The number of piperidine rings is 1. The van der Waals surface area contributed by atoms with Gasteiger partial charge in [0, 0.05) is 48.1 Å². The highest BCUT2D eigenvalue weighted by Gasteiger charge is 2.24. The quantitative estimate of drug-likeness (QED) is 0.846. The summed E-state index contributed by atoms with van der Waals surface area (Å²) >= 11 is 7.45. The number of nitrogens with one attached hydrogen (secondary N) is 1. The van der Waals surface area contributed by atoms with Gasteiger partial charge in [0.05, 0.1) is 0 Å². The molecule has 0 saturated carbocycles. The average Bonchev–Trinajstić information content (AvgIpc) is 2.45. The Morgan fingerprint density at radius 3 is 2.81 bits per heavy atom. The fourth-order valence-corrected chi connectivity index (χ4v) is 3.14. The zero-order valence-electron chi connectivity index (χ0n) is 12.0. The van der Waals surface area contributed by atoms with E-state index in [1.807, 2.05) is 24.3 Å². The summed E-state index contributed by atoms with van der Waals surface area (Å²) in [5, 5.41) is 3.66. The van der Waals surface area contributed by atoms with Gasteiger partial charge in [-0.25, -0.2) is 0 Å². The maximum Gasteiger partial charge on any atom is 0.224 e. The van der Waals surface area contributed by atoms with Crippen molar-refractivity contribution in [1.82, 2.24) is 10.2 Å². The highest BCUT2D eigenvalue weighted by atomic mass is 35.5. The summed E-state index contributed by atoms with van der Waals surface area (Å²) in [5.41, 5.74) is 0. The number of hydrogen-bond donors (Lipinski definition) is 1. The molecular weight excluding hydrogens is 308 g/mol. The first kappa shape index (κ1) is 16.2. The number of halogens is 1. The number of likely N-dealkylation sites (tertiary alicyclic amines) is 1. The van der Waals surface area contributed by atoms with Crippen LogP contribution in [0.4, 0.5) is 0 Å². The molecule has 2 rings (SSSR count). The zero-order chi connectivity index (χ0) is 15.2. The fourth-order valence-electron chi connectivity index (χ4n) is 2.16. The highest BCUT2D eigenvalue weighted by Crippen LogP contribution is 2.21. The Balaban J connectivity index is 1.68. The molecule has 6 heteroatoms. The third-order valence-electron chi connectivity index (χ3n) is 3.44. The van der Waals surface area contributed by atoms with Crippen LogP contribution in [0.2, 0.25) is 5.02 Å². The van der Waals surface area contributed by atoms with E-state index in [4.69, 9.17) is 11.6 Å². The van der Waals surface area contributed by atoms with Gasteiger partial charge in [-0.05, 0) is 30.7 Å². The minimum absolute atomic E-state index is 0.0123. The van der Waals surface area contributed by atoms with Gasteiger partial charge >= 0.3 is 0 Å². The molecule has 0 aromatic heterocycles. The molecule has 0 spiro atoms. The van der Waals surface area contributed by atoms with Gasteiger partial charge in [-0.1, -0.05) is 11.6 Å². The van der Waals surface area contributed by atoms with Crippen molar-refractivity contribution in [2.75, 3.05) is 19.3 Å². The number of amides is 2. The molecule has 1 aromatic carbocycles. The summed E-state index contributed by atoms with van der Waals surface area (Å²) in [4.78, 5) is 26.3. The number of thioether (sulfide) groups is 1. The van der Waals surface area contributed by atoms with Crippen LogP contribution in [0, 0.1) is 0 Å². The fraction of sp³-hybridized carbons (Fsp3) is 0.467. The monoisotopic (exact) mass is 326 g/mol. The van der Waals surface area contributed by atoms with Gasteiger partial charge < -0.3 is 10.2 Å². The molecule has 1 atom stereocenters. The third kappa shape index (κ3) is 5.25. The lowest BCUT2D eigenvalue weighted by Crippen LogP contribution is -2.46. The van der Waals surface area contributed by atoms with E-state index in [0.717, 1.165) is 11.3 Å². The second-order valence-electron chi connectivity index (χ2n) is 5.12. The topological polar surface area (TPSA) is 49.4 Å². The normalized spacial score (nSPS) is 18.7. The Morgan fingerprint density at radius 1 is 1.43 bits per heavy atom. The van der Waals surface area contributed by atoms with Crippen molar-refractivity contribution in [2.45, 2.75) is 30.2 Å². The highest BCUT2D eigenvalue weighted by molar-refractivity contribution is 7.99. The van der Waals surface area contributed by atoms with E-state index in [1.165, 1.54) is 0 Å². The lowest BCUT2D eigenvalue weighted by Gasteiger charge is -2.29. The van der Waals surface area contributed by atoms with Gasteiger partial charge in [-0.15, -0.1) is 11.8 Å². The lowest BCUT2D eigenvalue weighted by atomic mass is 10.0. The van der Waals surface area contributed by atoms with E-state index in [-0.39, 0.29) is 17.9 Å². The average molecular weight is 327 g/mol. The molecule has 2 amide bonds. The molecule has 1 aromatic rings. The Hall–Kier alpha value is -1.20. The maximum atomic E-state index is 11.9. The van der Waals surface area contributed by atoms with Crippen molar-refractivity contribution in [2.24, 2.45) is 0 Å². The van der Waals surface area contributed by atoms with Crippen molar-refractivity contribution in [1.29, 1.82) is 0 Å². The van der Waals surface area contributed by atoms with Gasteiger partial charge in [0.15, 0.2) is 0 Å². The van der Waals surface area contributed by atoms with E-state index in [9.17, 15) is 9.59 Å². The van der Waals surface area contributed by atoms with Crippen LogP contribution in [0.3, 0.4) is 0 Å². The molecular formula is C15H19ClN2O2S. The molecule has 1 fully saturated rings. The Bertz CT molecular complexity index is 507. The van der Waals surface area contributed by atoms with Crippen LogP contribution in [0.25, 0.3) is 0 Å². The SMILES string of the molecule is CN1CC[C@H](NC(=O)CCSc2ccc(Cl)cc2)CC1=O. The first-order chi connectivity index (χ1) is 10.0. The van der Waals surface area contributed by atoms with Crippen LogP contribution in [-0.4, -0.2) is 42.1 Å². The van der Waals surface area contributed by atoms with Crippen LogP contribution in [-0.2, 0) is 9.59 Å². The molecule has 0 radical (unpaired) electrons. The van der Waals surface area contributed by atoms with Crippen LogP contribution in [0.5, 0.6) is 0 Å². The summed E-state index contributed by atoms with van der Waals surface area (Å²) < 4.78 is 0. The number of carbonyl (C=O) groups excluding carboxylic acids is 2. The molecule has 1 aliphatic heterocycles. The Labute approximate surface area is 134 Å². The van der Waals surface area contributed by atoms with Gasteiger partial charge in [0.2, 0.25) is 11.8 Å². The molecule has 1 heterocycles. The van der Waals surface area contributed by atoms with Crippen molar-refractivity contribution in [3.05, 3.63) is 29.3 Å². The number of rotatable bonds is 5. The predicted octanol–water partition coefficient (Wildman–Crippen LogP) is 2.56. The molecule has 1 N–H and O–H groups in total. The minimum Gasteiger partial charge on any atom is -0.353 e. The van der Waals surface area contributed by atoms with Crippen LogP contribution in [0.1, 0.15) is 19.3 Å². The van der Waals surface area contributed by atoms with E-state index in [1.54, 1.807) is 23.7 Å². The summed E-state index contributed by atoms with van der Waals surface area (Å²) in [6, 6.07) is 7.56. The maximum absolute atomic E-state index is 11.9. The number of hydrogen-bond acceptors (Lipinski definition) is 3. The standard InChI is InChI=1S/C15H19ClN2O2S/c1-18-8-6-12(10-15(18)20)17-14(19)7-9-21-13-4-2-11(16)3-5-13/h2-5,12H,6-10H2,1H3,(H,17,19)/t12-/m0/s1. The molecule has 21 heavy (non-hydrogen) atoms. The first-order valence-electron chi connectivity index (χ1n) is 6.96. The van der Waals surface area contributed by atoms with Crippen molar-refractivity contribution in [3.63, 3.8) is 0 Å². The minimum atomic E-state index is -0.0123. The van der Waals surface area contributed by atoms with E-state index >= 15 is 0 Å². The number of benzene rings is 1. The Morgan fingerprint density at radius 2 is 2.14 bits per heavy atom. The summed E-state index contributed by atoms with van der Waals surface area (Å²) in [5.74, 6) is 0.828. The van der Waals surface area contributed by atoms with Crippen molar-refractivity contribution >= 4 is 35.2 Å². The summed E-state index contributed by atoms with van der Waals surface area (Å²) in [6.07, 6.45) is 1.69. The molecule has 0 aliphatic carbocycles. The van der Waals surface area contributed by atoms with E-state index in [0.29, 0.717) is 30.2 Å². The first-order valence-corrected chi connectivity index (χ1v) is 8.32.